The molecule has 88 valence electrons. The van der Waals surface area contributed by atoms with Crippen molar-refractivity contribution in [2.75, 3.05) is 11.9 Å². The molecule has 17 heavy (non-hydrogen) atoms. The monoisotopic (exact) mass is 230 g/mol. The number of nitrogens with two attached hydrogens (primary N) is 1. The molecule has 0 saturated carbocycles. The Morgan fingerprint density at radius 2 is 2.18 bits per heavy atom. The number of carbonyl (C=O) groups is 1. The molecule has 0 aliphatic rings. The van der Waals surface area contributed by atoms with Crippen molar-refractivity contribution in [3.05, 3.63) is 54.0 Å². The molecule has 0 radical (unpaired) electrons. The predicted molar refractivity (Wildman–Crippen MR) is 65.8 cm³/mol. The first-order valence-corrected chi connectivity index (χ1v) is 5.33. The summed E-state index contributed by atoms with van der Waals surface area (Å²) in [5.74, 6) is 0.148. The number of rotatable bonds is 3. The van der Waals surface area contributed by atoms with E-state index in [0.29, 0.717) is 12.3 Å². The first-order chi connectivity index (χ1) is 8.22. The smallest absolute Gasteiger partial charge is 0.293 e. The summed E-state index contributed by atoms with van der Waals surface area (Å²) in [6.45, 7) is 0.455. The van der Waals surface area contributed by atoms with Gasteiger partial charge < -0.3 is 15.1 Å². The molecule has 1 heterocycles. The molecule has 0 fully saturated rings. The summed E-state index contributed by atoms with van der Waals surface area (Å²) < 4.78 is 5.08. The van der Waals surface area contributed by atoms with Gasteiger partial charge in [-0.1, -0.05) is 12.1 Å². The Kier molecular flexibility index (Phi) is 3.25. The summed E-state index contributed by atoms with van der Waals surface area (Å²) in [5.41, 5.74) is 7.36. The van der Waals surface area contributed by atoms with Crippen LogP contribution < -0.4 is 10.6 Å². The maximum Gasteiger partial charge on any atom is 0.293 e. The molecule has 0 spiro atoms. The normalized spacial score (nSPS) is 10.2. The van der Waals surface area contributed by atoms with Gasteiger partial charge >= 0.3 is 0 Å². The van der Waals surface area contributed by atoms with Gasteiger partial charge in [-0.15, -0.1) is 0 Å². The van der Waals surface area contributed by atoms with E-state index in [1.165, 1.54) is 11.2 Å². The summed E-state index contributed by atoms with van der Waals surface area (Å²) >= 11 is 0. The molecule has 1 amide bonds. The SMILES string of the molecule is CN(C(=O)c1ccco1)c1cccc(CN)c1. The summed E-state index contributed by atoms with van der Waals surface area (Å²) in [6, 6.07) is 10.9. The van der Waals surface area contributed by atoms with Crippen molar-refractivity contribution in [2.24, 2.45) is 5.73 Å². The van der Waals surface area contributed by atoms with Crippen LogP contribution in [0.1, 0.15) is 16.1 Å². The number of benzene rings is 1. The summed E-state index contributed by atoms with van der Waals surface area (Å²) in [7, 11) is 1.71. The summed E-state index contributed by atoms with van der Waals surface area (Å²) in [5, 5.41) is 0. The fourth-order valence-electron chi connectivity index (χ4n) is 1.57. The number of furan rings is 1. The number of amides is 1. The van der Waals surface area contributed by atoms with E-state index in [1.807, 2.05) is 24.3 Å². The highest BCUT2D eigenvalue weighted by Crippen LogP contribution is 2.17. The van der Waals surface area contributed by atoms with Gasteiger partial charge in [0.25, 0.3) is 5.91 Å². The van der Waals surface area contributed by atoms with E-state index < -0.39 is 0 Å². The van der Waals surface area contributed by atoms with E-state index in [-0.39, 0.29) is 5.91 Å². The zero-order valence-electron chi connectivity index (χ0n) is 9.59. The number of nitrogens with zero attached hydrogens (tertiary/aromatic N) is 1. The molecule has 1 aromatic carbocycles. The Bertz CT molecular complexity index is 506. The Labute approximate surface area is 99.6 Å². The van der Waals surface area contributed by atoms with Crippen LogP contribution in [0.5, 0.6) is 0 Å². The van der Waals surface area contributed by atoms with Crippen molar-refractivity contribution in [3.63, 3.8) is 0 Å². The minimum atomic E-state index is -0.177. The summed E-state index contributed by atoms with van der Waals surface area (Å²) in [4.78, 5) is 13.5. The Balaban J connectivity index is 2.24. The van der Waals surface area contributed by atoms with E-state index in [1.54, 1.807) is 19.2 Å². The molecular formula is C13H14N2O2. The number of anilines is 1. The van der Waals surface area contributed by atoms with Crippen molar-refractivity contribution >= 4 is 11.6 Å². The van der Waals surface area contributed by atoms with Crippen molar-refractivity contribution in [3.8, 4) is 0 Å². The molecule has 0 unspecified atom stereocenters. The maximum atomic E-state index is 12.0. The fourth-order valence-corrected chi connectivity index (χ4v) is 1.57. The molecule has 2 N–H and O–H groups in total. The second-order valence-electron chi connectivity index (χ2n) is 3.72. The lowest BCUT2D eigenvalue weighted by Gasteiger charge is -2.16. The molecule has 4 nitrogen and oxygen atoms in total. The Morgan fingerprint density at radius 1 is 1.35 bits per heavy atom. The van der Waals surface area contributed by atoms with Crippen LogP contribution in [-0.4, -0.2) is 13.0 Å². The molecule has 0 aliphatic heterocycles. The highest BCUT2D eigenvalue weighted by Gasteiger charge is 2.15. The van der Waals surface area contributed by atoms with Gasteiger partial charge in [-0.05, 0) is 29.8 Å². The van der Waals surface area contributed by atoms with Crippen LogP contribution in [0.2, 0.25) is 0 Å². The highest BCUT2D eigenvalue weighted by molar-refractivity contribution is 6.03. The standard InChI is InChI=1S/C13H14N2O2/c1-15(13(16)12-6-3-7-17-12)11-5-2-4-10(8-11)9-14/h2-8H,9,14H2,1H3. The van der Waals surface area contributed by atoms with Gasteiger partial charge in [-0.25, -0.2) is 0 Å². The minimum absolute atomic E-state index is 0.177. The fraction of sp³-hybridized carbons (Fsp3) is 0.154. The average molecular weight is 230 g/mol. The van der Waals surface area contributed by atoms with Gasteiger partial charge in [-0.3, -0.25) is 4.79 Å². The lowest BCUT2D eigenvalue weighted by molar-refractivity contribution is 0.0966. The van der Waals surface area contributed by atoms with Crippen molar-refractivity contribution in [1.29, 1.82) is 0 Å². The molecule has 2 rings (SSSR count). The third kappa shape index (κ3) is 2.37. The maximum absolute atomic E-state index is 12.0. The first kappa shape index (κ1) is 11.4. The topological polar surface area (TPSA) is 59.5 Å². The average Bonchev–Trinajstić information content (AvgIpc) is 2.91. The Morgan fingerprint density at radius 3 is 2.82 bits per heavy atom. The quantitative estimate of drug-likeness (QED) is 0.877. The molecular weight excluding hydrogens is 216 g/mol. The van der Waals surface area contributed by atoms with Gasteiger partial charge in [0, 0.05) is 19.3 Å². The van der Waals surface area contributed by atoms with Crippen LogP contribution in [0.4, 0.5) is 5.69 Å². The number of hydrogen-bond donors (Lipinski definition) is 1. The van der Waals surface area contributed by atoms with E-state index in [0.717, 1.165) is 11.3 Å². The molecule has 0 aliphatic carbocycles. The van der Waals surface area contributed by atoms with Crippen LogP contribution in [0.15, 0.2) is 47.1 Å². The van der Waals surface area contributed by atoms with Gasteiger partial charge in [0.15, 0.2) is 5.76 Å². The van der Waals surface area contributed by atoms with Crippen molar-refractivity contribution < 1.29 is 9.21 Å². The first-order valence-electron chi connectivity index (χ1n) is 5.33. The lowest BCUT2D eigenvalue weighted by Crippen LogP contribution is -2.25. The third-order valence-corrected chi connectivity index (χ3v) is 2.57. The molecule has 4 heteroatoms. The second kappa shape index (κ2) is 4.84. The van der Waals surface area contributed by atoms with Gasteiger partial charge in [0.2, 0.25) is 0 Å². The molecule has 1 aromatic heterocycles. The van der Waals surface area contributed by atoms with Gasteiger partial charge in [-0.2, -0.15) is 0 Å². The molecule has 0 bridgehead atoms. The van der Waals surface area contributed by atoms with Crippen LogP contribution in [0.25, 0.3) is 0 Å². The molecule has 0 atom stereocenters. The highest BCUT2D eigenvalue weighted by atomic mass is 16.3. The minimum Gasteiger partial charge on any atom is -0.459 e. The lowest BCUT2D eigenvalue weighted by atomic mass is 10.2. The van der Waals surface area contributed by atoms with Crippen LogP contribution in [-0.2, 0) is 6.54 Å². The zero-order chi connectivity index (χ0) is 12.3. The molecule has 2 aromatic rings. The number of carbonyl (C=O) groups excluding carboxylic acids is 1. The van der Waals surface area contributed by atoms with E-state index in [9.17, 15) is 4.79 Å². The van der Waals surface area contributed by atoms with Crippen molar-refractivity contribution in [2.45, 2.75) is 6.54 Å². The van der Waals surface area contributed by atoms with Crippen molar-refractivity contribution in [1.82, 2.24) is 0 Å². The number of hydrogen-bond acceptors (Lipinski definition) is 3. The van der Waals surface area contributed by atoms with Gasteiger partial charge in [0.1, 0.15) is 0 Å². The van der Waals surface area contributed by atoms with E-state index in [4.69, 9.17) is 10.2 Å². The predicted octanol–water partition coefficient (Wildman–Crippen LogP) is 2.01. The largest absolute Gasteiger partial charge is 0.459 e. The van der Waals surface area contributed by atoms with Crippen LogP contribution in [0.3, 0.4) is 0 Å². The van der Waals surface area contributed by atoms with Crippen LogP contribution >= 0.6 is 0 Å². The zero-order valence-corrected chi connectivity index (χ0v) is 9.59. The van der Waals surface area contributed by atoms with E-state index in [2.05, 4.69) is 0 Å². The summed E-state index contributed by atoms with van der Waals surface area (Å²) in [6.07, 6.45) is 1.48. The molecule has 0 saturated heterocycles. The third-order valence-electron chi connectivity index (χ3n) is 2.57. The van der Waals surface area contributed by atoms with E-state index >= 15 is 0 Å². The van der Waals surface area contributed by atoms with Gasteiger partial charge in [0.05, 0.1) is 6.26 Å². The Hall–Kier alpha value is -2.07. The second-order valence-corrected chi connectivity index (χ2v) is 3.72. The van der Waals surface area contributed by atoms with Crippen LogP contribution in [0, 0.1) is 0 Å².